The predicted octanol–water partition coefficient (Wildman–Crippen LogP) is 1.60. The fourth-order valence-corrected chi connectivity index (χ4v) is 2.71. The normalized spacial score (nSPS) is 25.7. The van der Waals surface area contributed by atoms with Gasteiger partial charge in [-0.3, -0.25) is 0 Å². The van der Waals surface area contributed by atoms with Gasteiger partial charge in [0.05, 0.1) is 6.61 Å². The van der Waals surface area contributed by atoms with Crippen LogP contribution in [0.1, 0.15) is 43.3 Å². The number of hydrogen-bond acceptors (Lipinski definition) is 5. The Morgan fingerprint density at radius 1 is 1.22 bits per heavy atom. The molecule has 0 saturated carbocycles. The van der Waals surface area contributed by atoms with Gasteiger partial charge < -0.3 is 14.2 Å². The fourth-order valence-electron chi connectivity index (χ4n) is 2.71. The lowest BCUT2D eigenvalue weighted by Crippen LogP contribution is -2.31. The van der Waals surface area contributed by atoms with E-state index in [1.54, 1.807) is 0 Å². The molecular formula is C13H21N3O2. The van der Waals surface area contributed by atoms with Crippen molar-refractivity contribution in [1.82, 2.24) is 15.0 Å². The van der Waals surface area contributed by atoms with Gasteiger partial charge >= 0.3 is 0 Å². The predicted molar refractivity (Wildman–Crippen MR) is 66.5 cm³/mol. The third-order valence-corrected chi connectivity index (χ3v) is 3.87. The zero-order valence-corrected chi connectivity index (χ0v) is 10.8. The first-order valence-electron chi connectivity index (χ1n) is 7.04. The highest BCUT2D eigenvalue weighted by molar-refractivity contribution is 4.97. The maximum atomic E-state index is 5.35. The summed E-state index contributed by atoms with van der Waals surface area (Å²) in [7, 11) is 0. The third kappa shape index (κ3) is 2.90. The van der Waals surface area contributed by atoms with E-state index in [4.69, 9.17) is 9.26 Å². The highest BCUT2D eigenvalue weighted by atomic mass is 16.5. The van der Waals surface area contributed by atoms with E-state index in [1.165, 1.54) is 32.4 Å². The molecule has 0 bridgehead atoms. The van der Waals surface area contributed by atoms with Crippen LogP contribution in [0.5, 0.6) is 0 Å². The van der Waals surface area contributed by atoms with Gasteiger partial charge in [0.25, 0.3) is 0 Å². The minimum atomic E-state index is 0.345. The number of nitrogens with zero attached hydrogens (tertiary/aromatic N) is 3. The van der Waals surface area contributed by atoms with Crippen molar-refractivity contribution in [2.24, 2.45) is 0 Å². The van der Waals surface area contributed by atoms with Gasteiger partial charge in [-0.1, -0.05) is 11.6 Å². The molecule has 2 aliphatic rings. The molecule has 1 atom stereocenters. The Balaban J connectivity index is 1.50. The average molecular weight is 251 g/mol. The highest BCUT2D eigenvalue weighted by Gasteiger charge is 2.23. The summed E-state index contributed by atoms with van der Waals surface area (Å²) in [6.45, 7) is 5.05. The van der Waals surface area contributed by atoms with Gasteiger partial charge in [0.2, 0.25) is 5.89 Å². The van der Waals surface area contributed by atoms with Gasteiger partial charge in [0.1, 0.15) is 0 Å². The summed E-state index contributed by atoms with van der Waals surface area (Å²) in [5.74, 6) is 1.96. The summed E-state index contributed by atoms with van der Waals surface area (Å²) in [4.78, 5) is 6.98. The maximum absolute atomic E-state index is 5.35. The first kappa shape index (κ1) is 12.1. The van der Waals surface area contributed by atoms with Crippen molar-refractivity contribution < 1.29 is 9.26 Å². The lowest BCUT2D eigenvalue weighted by molar-refractivity contribution is 0.192. The summed E-state index contributed by atoms with van der Waals surface area (Å²) in [6.07, 6.45) is 5.93. The van der Waals surface area contributed by atoms with Gasteiger partial charge in [0, 0.05) is 25.5 Å². The molecule has 0 N–H and O–H groups in total. The Morgan fingerprint density at radius 3 is 2.89 bits per heavy atom. The molecule has 2 aliphatic heterocycles. The molecule has 2 saturated heterocycles. The van der Waals surface area contributed by atoms with Crippen molar-refractivity contribution in [3.05, 3.63) is 11.7 Å². The van der Waals surface area contributed by atoms with Crippen LogP contribution in [0.25, 0.3) is 0 Å². The van der Waals surface area contributed by atoms with Crippen molar-refractivity contribution in [2.75, 3.05) is 32.8 Å². The Labute approximate surface area is 107 Å². The second kappa shape index (κ2) is 5.80. The molecule has 0 aliphatic carbocycles. The average Bonchev–Trinajstić information content (AvgIpc) is 3.08. The monoisotopic (exact) mass is 251 g/mol. The summed E-state index contributed by atoms with van der Waals surface area (Å²) < 4.78 is 10.7. The van der Waals surface area contributed by atoms with E-state index in [0.29, 0.717) is 5.92 Å². The minimum absolute atomic E-state index is 0.345. The molecule has 0 amide bonds. The van der Waals surface area contributed by atoms with Crippen molar-refractivity contribution in [3.8, 4) is 0 Å². The van der Waals surface area contributed by atoms with Gasteiger partial charge in [-0.15, -0.1) is 0 Å². The largest absolute Gasteiger partial charge is 0.381 e. The molecular weight excluding hydrogens is 230 g/mol. The third-order valence-electron chi connectivity index (χ3n) is 3.87. The van der Waals surface area contributed by atoms with E-state index in [2.05, 4.69) is 15.0 Å². The molecule has 0 unspecified atom stereocenters. The molecule has 0 spiro atoms. The van der Waals surface area contributed by atoms with E-state index >= 15 is 0 Å². The first-order chi connectivity index (χ1) is 8.92. The molecule has 0 radical (unpaired) electrons. The van der Waals surface area contributed by atoms with Gasteiger partial charge in [-0.05, 0) is 32.4 Å². The zero-order chi connectivity index (χ0) is 12.2. The molecule has 5 nitrogen and oxygen atoms in total. The molecule has 18 heavy (non-hydrogen) atoms. The fraction of sp³-hybridized carbons (Fsp3) is 0.846. The van der Waals surface area contributed by atoms with Gasteiger partial charge in [0.15, 0.2) is 5.82 Å². The SMILES string of the molecule is C1CCN(CCc2nc([C@@H]3CCOC3)no2)CC1. The Bertz CT molecular complexity index is 368. The van der Waals surface area contributed by atoms with Crippen molar-refractivity contribution in [2.45, 2.75) is 38.0 Å². The van der Waals surface area contributed by atoms with Crippen LogP contribution >= 0.6 is 0 Å². The van der Waals surface area contributed by atoms with Crippen LogP contribution in [0.3, 0.4) is 0 Å². The zero-order valence-electron chi connectivity index (χ0n) is 10.8. The molecule has 3 heterocycles. The van der Waals surface area contributed by atoms with Crippen LogP contribution < -0.4 is 0 Å². The molecule has 2 fully saturated rings. The van der Waals surface area contributed by atoms with Crippen molar-refractivity contribution >= 4 is 0 Å². The lowest BCUT2D eigenvalue weighted by atomic mass is 10.1. The number of aromatic nitrogens is 2. The summed E-state index contributed by atoms with van der Waals surface area (Å²) >= 11 is 0. The standard InChI is InChI=1S/C13H21N3O2/c1-2-6-16(7-3-1)8-4-12-14-13(15-18-12)11-5-9-17-10-11/h11H,1-10H2/t11-/m1/s1. The Hall–Kier alpha value is -0.940. The second-order valence-electron chi connectivity index (χ2n) is 5.26. The molecule has 1 aromatic heterocycles. The molecule has 5 heteroatoms. The van der Waals surface area contributed by atoms with Crippen LogP contribution in [-0.2, 0) is 11.2 Å². The number of piperidine rings is 1. The van der Waals surface area contributed by atoms with Crippen LogP contribution in [0, 0.1) is 0 Å². The van der Waals surface area contributed by atoms with E-state index in [9.17, 15) is 0 Å². The van der Waals surface area contributed by atoms with Crippen LogP contribution in [0.15, 0.2) is 4.52 Å². The Morgan fingerprint density at radius 2 is 2.11 bits per heavy atom. The summed E-state index contributed by atoms with van der Waals surface area (Å²) in [6, 6.07) is 0. The number of ether oxygens (including phenoxy) is 1. The topological polar surface area (TPSA) is 51.4 Å². The number of hydrogen-bond donors (Lipinski definition) is 0. The van der Waals surface area contributed by atoms with Crippen LogP contribution in [0.2, 0.25) is 0 Å². The van der Waals surface area contributed by atoms with E-state index < -0.39 is 0 Å². The molecule has 3 rings (SSSR count). The molecule has 100 valence electrons. The second-order valence-corrected chi connectivity index (χ2v) is 5.26. The van der Waals surface area contributed by atoms with Crippen LogP contribution in [-0.4, -0.2) is 47.9 Å². The molecule has 0 aromatic carbocycles. The summed E-state index contributed by atoms with van der Waals surface area (Å²) in [5, 5.41) is 4.08. The van der Waals surface area contributed by atoms with Crippen LogP contribution in [0.4, 0.5) is 0 Å². The van der Waals surface area contributed by atoms with Crippen molar-refractivity contribution in [3.63, 3.8) is 0 Å². The highest BCUT2D eigenvalue weighted by Crippen LogP contribution is 2.22. The van der Waals surface area contributed by atoms with Gasteiger partial charge in [-0.2, -0.15) is 4.98 Å². The molecule has 1 aromatic rings. The minimum Gasteiger partial charge on any atom is -0.381 e. The van der Waals surface area contributed by atoms with E-state index in [-0.39, 0.29) is 0 Å². The quantitative estimate of drug-likeness (QED) is 0.813. The summed E-state index contributed by atoms with van der Waals surface area (Å²) in [5.41, 5.74) is 0. The van der Waals surface area contributed by atoms with E-state index in [0.717, 1.165) is 44.3 Å². The Kier molecular flexibility index (Phi) is 3.90. The lowest BCUT2D eigenvalue weighted by Gasteiger charge is -2.25. The first-order valence-corrected chi connectivity index (χ1v) is 7.04. The van der Waals surface area contributed by atoms with E-state index in [1.807, 2.05) is 0 Å². The number of rotatable bonds is 4. The smallest absolute Gasteiger partial charge is 0.227 e. The van der Waals surface area contributed by atoms with Gasteiger partial charge in [-0.25, -0.2) is 0 Å². The van der Waals surface area contributed by atoms with Crippen molar-refractivity contribution in [1.29, 1.82) is 0 Å². The maximum Gasteiger partial charge on any atom is 0.227 e. The number of likely N-dealkylation sites (tertiary alicyclic amines) is 1.